The van der Waals surface area contributed by atoms with Gasteiger partial charge in [-0.25, -0.2) is 4.98 Å². The van der Waals surface area contributed by atoms with E-state index in [9.17, 15) is 4.79 Å². The van der Waals surface area contributed by atoms with Crippen molar-refractivity contribution in [3.63, 3.8) is 0 Å². The molecule has 1 amide bonds. The molecule has 1 saturated carbocycles. The Labute approximate surface area is 128 Å². The summed E-state index contributed by atoms with van der Waals surface area (Å²) < 4.78 is 10.8. The van der Waals surface area contributed by atoms with E-state index in [2.05, 4.69) is 10.1 Å². The molecule has 0 N–H and O–H groups in total. The van der Waals surface area contributed by atoms with E-state index >= 15 is 0 Å². The lowest BCUT2D eigenvalue weighted by atomic mass is 10.1. The smallest absolute Gasteiger partial charge is 0.259 e. The zero-order valence-corrected chi connectivity index (χ0v) is 12.8. The fraction of sp³-hybridized carbons (Fsp3) is 0.562. The lowest BCUT2D eigenvalue weighted by Gasteiger charge is -2.31. The molecule has 22 heavy (non-hydrogen) atoms. The van der Waals surface area contributed by atoms with Crippen LogP contribution >= 0.6 is 0 Å². The number of nitrogens with zero attached hydrogens (tertiary/aromatic N) is 3. The molecule has 1 aliphatic heterocycles. The number of hydrogen-bond acceptors (Lipinski definition) is 5. The van der Waals surface area contributed by atoms with Crippen molar-refractivity contribution in [2.24, 2.45) is 0 Å². The van der Waals surface area contributed by atoms with E-state index in [1.165, 1.54) is 0 Å². The summed E-state index contributed by atoms with van der Waals surface area (Å²) in [6.07, 6.45) is 2.34. The van der Waals surface area contributed by atoms with E-state index in [1.807, 2.05) is 24.8 Å². The van der Waals surface area contributed by atoms with Gasteiger partial charge in [0.15, 0.2) is 0 Å². The monoisotopic (exact) mass is 301 g/mol. The number of amides is 1. The summed E-state index contributed by atoms with van der Waals surface area (Å²) in [6, 6.07) is 1.94. The maximum Gasteiger partial charge on any atom is 0.259 e. The van der Waals surface area contributed by atoms with Gasteiger partial charge in [-0.2, -0.15) is 0 Å². The number of morpholine rings is 1. The summed E-state index contributed by atoms with van der Waals surface area (Å²) in [5.41, 5.74) is 2.81. The fourth-order valence-corrected chi connectivity index (χ4v) is 3.04. The number of pyridine rings is 1. The first-order valence-corrected chi connectivity index (χ1v) is 7.81. The van der Waals surface area contributed by atoms with E-state index in [1.54, 1.807) is 0 Å². The van der Waals surface area contributed by atoms with Crippen molar-refractivity contribution >= 4 is 17.0 Å². The van der Waals surface area contributed by atoms with Crippen LogP contribution in [-0.4, -0.2) is 46.7 Å². The molecule has 0 radical (unpaired) electrons. The van der Waals surface area contributed by atoms with E-state index in [0.717, 1.165) is 29.6 Å². The van der Waals surface area contributed by atoms with E-state index in [0.29, 0.717) is 36.9 Å². The van der Waals surface area contributed by atoms with Gasteiger partial charge in [0.05, 0.1) is 29.4 Å². The first-order valence-electron chi connectivity index (χ1n) is 7.81. The van der Waals surface area contributed by atoms with Crippen LogP contribution in [0.25, 0.3) is 11.1 Å². The van der Waals surface area contributed by atoms with Crippen LogP contribution in [0.5, 0.6) is 0 Å². The molecule has 1 saturated heterocycles. The molecule has 2 fully saturated rings. The van der Waals surface area contributed by atoms with Crippen LogP contribution in [0.15, 0.2) is 10.6 Å². The predicted octanol–water partition coefficient (Wildman–Crippen LogP) is 2.27. The van der Waals surface area contributed by atoms with Gasteiger partial charge in [0.2, 0.25) is 0 Å². The maximum atomic E-state index is 13.0. The highest BCUT2D eigenvalue weighted by Gasteiger charge is 2.30. The normalized spacial score (nSPS) is 22.3. The van der Waals surface area contributed by atoms with Gasteiger partial charge < -0.3 is 14.2 Å². The molecule has 2 aliphatic rings. The van der Waals surface area contributed by atoms with Crippen LogP contribution in [0.1, 0.15) is 47.4 Å². The Morgan fingerprint density at radius 1 is 1.41 bits per heavy atom. The Morgan fingerprint density at radius 2 is 2.23 bits per heavy atom. The van der Waals surface area contributed by atoms with E-state index < -0.39 is 0 Å². The predicted molar refractivity (Wildman–Crippen MR) is 79.8 cm³/mol. The summed E-state index contributed by atoms with van der Waals surface area (Å²) in [5.74, 6) is 0.487. The minimum atomic E-state index is 0.0238. The number of hydrogen-bond donors (Lipinski definition) is 0. The molecular formula is C16H19N3O3. The molecule has 116 valence electrons. The molecule has 1 atom stereocenters. The van der Waals surface area contributed by atoms with Crippen LogP contribution in [0.2, 0.25) is 0 Å². The number of aromatic nitrogens is 2. The van der Waals surface area contributed by atoms with E-state index in [4.69, 9.17) is 9.26 Å². The third-order valence-electron chi connectivity index (χ3n) is 4.39. The summed E-state index contributed by atoms with van der Waals surface area (Å²) in [4.78, 5) is 19.4. The van der Waals surface area contributed by atoms with Crippen LogP contribution in [0.4, 0.5) is 0 Å². The van der Waals surface area contributed by atoms with Crippen molar-refractivity contribution in [1.29, 1.82) is 0 Å². The number of fused-ring (bicyclic) bond motifs is 1. The molecular weight excluding hydrogens is 282 g/mol. The number of ether oxygens (including phenoxy) is 1. The molecule has 3 heterocycles. The zero-order valence-electron chi connectivity index (χ0n) is 12.8. The molecule has 4 rings (SSSR count). The minimum absolute atomic E-state index is 0.0238. The summed E-state index contributed by atoms with van der Waals surface area (Å²) in [5, 5.41) is 4.73. The second kappa shape index (κ2) is 5.05. The highest BCUT2D eigenvalue weighted by atomic mass is 16.5. The zero-order chi connectivity index (χ0) is 15.3. The summed E-state index contributed by atoms with van der Waals surface area (Å²) >= 11 is 0. The quantitative estimate of drug-likeness (QED) is 0.851. The highest BCUT2D eigenvalue weighted by Crippen LogP contribution is 2.40. The van der Waals surface area contributed by atoms with Crippen molar-refractivity contribution in [2.75, 3.05) is 19.7 Å². The Balaban J connectivity index is 1.78. The molecule has 0 bridgehead atoms. The SMILES string of the molecule is Cc1noc2nc(C3CC3)cc(C(=O)N3CCOC(C)C3)c12. The molecule has 1 aliphatic carbocycles. The topological polar surface area (TPSA) is 68.5 Å². The molecule has 1 unspecified atom stereocenters. The van der Waals surface area contributed by atoms with Gasteiger partial charge in [-0.15, -0.1) is 0 Å². The van der Waals surface area contributed by atoms with Gasteiger partial charge in [-0.1, -0.05) is 5.16 Å². The van der Waals surface area contributed by atoms with Gasteiger partial charge in [-0.05, 0) is 32.8 Å². The third-order valence-corrected chi connectivity index (χ3v) is 4.39. The molecule has 0 aromatic carbocycles. The van der Waals surface area contributed by atoms with Crippen molar-refractivity contribution < 1.29 is 14.1 Å². The second-order valence-corrected chi connectivity index (χ2v) is 6.25. The number of rotatable bonds is 2. The standard InChI is InChI=1S/C16H19N3O3/c1-9-8-19(5-6-21-9)16(20)12-7-13(11-3-4-11)17-15-14(12)10(2)18-22-15/h7,9,11H,3-6,8H2,1-2H3. The minimum Gasteiger partial charge on any atom is -0.375 e. The largest absolute Gasteiger partial charge is 0.375 e. The van der Waals surface area contributed by atoms with Crippen LogP contribution < -0.4 is 0 Å². The van der Waals surface area contributed by atoms with Crippen LogP contribution in [0.3, 0.4) is 0 Å². The third kappa shape index (κ3) is 2.27. The van der Waals surface area contributed by atoms with Crippen molar-refractivity contribution in [1.82, 2.24) is 15.0 Å². The van der Waals surface area contributed by atoms with Crippen molar-refractivity contribution in [2.45, 2.75) is 38.7 Å². The maximum absolute atomic E-state index is 13.0. The average Bonchev–Trinajstić information content (AvgIpc) is 3.30. The van der Waals surface area contributed by atoms with E-state index in [-0.39, 0.29) is 12.0 Å². The molecule has 2 aromatic rings. The van der Waals surface area contributed by atoms with Crippen molar-refractivity contribution in [3.05, 3.63) is 23.0 Å². The Morgan fingerprint density at radius 3 is 2.95 bits per heavy atom. The molecule has 0 spiro atoms. The Hall–Kier alpha value is -1.95. The lowest BCUT2D eigenvalue weighted by Crippen LogP contribution is -2.44. The molecule has 6 nitrogen and oxygen atoms in total. The number of carbonyl (C=O) groups is 1. The lowest BCUT2D eigenvalue weighted by molar-refractivity contribution is -0.0123. The van der Waals surface area contributed by atoms with Gasteiger partial charge in [0, 0.05) is 24.7 Å². The van der Waals surface area contributed by atoms with Crippen LogP contribution in [-0.2, 0) is 4.74 Å². The van der Waals surface area contributed by atoms with Gasteiger partial charge >= 0.3 is 0 Å². The first-order chi connectivity index (χ1) is 10.6. The molecule has 6 heteroatoms. The summed E-state index contributed by atoms with van der Waals surface area (Å²) in [7, 11) is 0. The number of carbonyl (C=O) groups excluding carboxylic acids is 1. The van der Waals surface area contributed by atoms with Gasteiger partial charge in [-0.3, -0.25) is 4.79 Å². The first kappa shape index (κ1) is 13.7. The summed E-state index contributed by atoms with van der Waals surface area (Å²) in [6.45, 7) is 5.66. The number of aryl methyl sites for hydroxylation is 1. The van der Waals surface area contributed by atoms with Gasteiger partial charge in [0.1, 0.15) is 0 Å². The average molecular weight is 301 g/mol. The second-order valence-electron chi connectivity index (χ2n) is 6.25. The van der Waals surface area contributed by atoms with Crippen LogP contribution in [0, 0.1) is 6.92 Å². The van der Waals surface area contributed by atoms with Crippen molar-refractivity contribution in [3.8, 4) is 0 Å². The Bertz CT molecular complexity index is 736. The van der Waals surface area contributed by atoms with Gasteiger partial charge in [0.25, 0.3) is 11.6 Å². The molecule has 2 aromatic heterocycles. The fourth-order valence-electron chi connectivity index (χ4n) is 3.04. The Kier molecular flexibility index (Phi) is 3.14. The highest BCUT2D eigenvalue weighted by molar-refractivity contribution is 6.06.